The zero-order valence-electron chi connectivity index (χ0n) is 4.76. The van der Waals surface area contributed by atoms with Crippen molar-refractivity contribution in [2.24, 2.45) is 0 Å². The van der Waals surface area contributed by atoms with E-state index in [2.05, 4.69) is 22.8 Å². The molecule has 1 atom stereocenters. The van der Waals surface area contributed by atoms with Gasteiger partial charge >= 0.3 is 55.3 Å². The topological polar surface area (TPSA) is 12.9 Å². The Balaban J connectivity index is 2.83. The van der Waals surface area contributed by atoms with Crippen molar-refractivity contribution in [1.29, 1.82) is 0 Å². The van der Waals surface area contributed by atoms with Crippen LogP contribution in [0.2, 0.25) is 5.71 Å². The number of hydrogen-bond acceptors (Lipinski definition) is 1. The Morgan fingerprint density at radius 3 is 2.38 bits per heavy atom. The van der Waals surface area contributed by atoms with Crippen molar-refractivity contribution in [3.8, 4) is 0 Å². The van der Waals surface area contributed by atoms with Gasteiger partial charge in [0.15, 0.2) is 0 Å². The molecule has 0 radical (unpaired) electrons. The molecule has 1 aromatic rings. The molecule has 0 N–H and O–H groups in total. The summed E-state index contributed by atoms with van der Waals surface area (Å²) in [7, 11) is 0. The first kappa shape index (κ1) is 5.84. The minimum absolute atomic E-state index is 0.156. The average Bonchev–Trinajstić information content (AvgIpc) is 1.90. The molecule has 0 aromatic carbocycles. The molecule has 1 rings (SSSR count). The van der Waals surface area contributed by atoms with E-state index in [1.54, 1.807) is 0 Å². The van der Waals surface area contributed by atoms with Crippen LogP contribution in [-0.2, 0) is 0 Å². The Bertz CT molecular complexity index is 150. The minimum atomic E-state index is 0.156. The van der Waals surface area contributed by atoms with Crippen molar-refractivity contribution in [3.05, 3.63) is 24.5 Å². The van der Waals surface area contributed by atoms with E-state index >= 15 is 0 Å². The molecule has 0 aliphatic heterocycles. The maximum atomic E-state index is 3.91. The van der Waals surface area contributed by atoms with E-state index in [0.717, 1.165) is 0 Å². The molecule has 0 spiro atoms. The van der Waals surface area contributed by atoms with E-state index in [1.807, 2.05) is 12.4 Å². The molecule has 0 bridgehead atoms. The Morgan fingerprint density at radius 1 is 1.38 bits per heavy atom. The standard InChI is InChI=1S/C6H8AsN/c1-7-6-2-4-8-5-3-6/h2-5,7H,1H3. The van der Waals surface area contributed by atoms with Crippen LogP contribution in [0.4, 0.5) is 0 Å². The zero-order valence-corrected chi connectivity index (χ0v) is 6.85. The van der Waals surface area contributed by atoms with Crippen molar-refractivity contribution >= 4 is 20.1 Å². The molecule has 0 saturated carbocycles. The molecule has 8 heavy (non-hydrogen) atoms. The first-order chi connectivity index (χ1) is 3.93. The van der Waals surface area contributed by atoms with Crippen LogP contribution >= 0.6 is 0 Å². The van der Waals surface area contributed by atoms with Crippen LogP contribution in [0.5, 0.6) is 0 Å². The molecule has 42 valence electrons. The molecular weight excluding hydrogens is 161 g/mol. The second kappa shape index (κ2) is 2.88. The summed E-state index contributed by atoms with van der Waals surface area (Å²) in [5.74, 6) is 0. The van der Waals surface area contributed by atoms with Crippen LogP contribution in [0.3, 0.4) is 0 Å². The van der Waals surface area contributed by atoms with Crippen LogP contribution in [-0.4, -0.2) is 20.7 Å². The molecule has 1 nitrogen and oxygen atoms in total. The van der Waals surface area contributed by atoms with Gasteiger partial charge in [0.05, 0.1) is 0 Å². The SMILES string of the molecule is C[AsH]c1ccncc1. The molecule has 2 heteroatoms. The quantitative estimate of drug-likeness (QED) is 0.547. The van der Waals surface area contributed by atoms with E-state index in [4.69, 9.17) is 0 Å². The number of aromatic nitrogens is 1. The third kappa shape index (κ3) is 1.34. The van der Waals surface area contributed by atoms with E-state index in [-0.39, 0.29) is 15.8 Å². The Labute approximate surface area is 55.8 Å². The van der Waals surface area contributed by atoms with Gasteiger partial charge in [0.25, 0.3) is 0 Å². The van der Waals surface area contributed by atoms with E-state index in [9.17, 15) is 0 Å². The summed E-state index contributed by atoms with van der Waals surface area (Å²) >= 11 is 0.156. The summed E-state index contributed by atoms with van der Waals surface area (Å²) in [5, 5.41) is 0. The van der Waals surface area contributed by atoms with Crippen molar-refractivity contribution < 1.29 is 0 Å². The Morgan fingerprint density at radius 2 is 2.00 bits per heavy atom. The summed E-state index contributed by atoms with van der Waals surface area (Å²) in [6, 6.07) is 4.17. The Kier molecular flexibility index (Phi) is 2.10. The van der Waals surface area contributed by atoms with E-state index < -0.39 is 0 Å². The molecule has 1 unspecified atom stereocenters. The van der Waals surface area contributed by atoms with Crippen LogP contribution in [0.25, 0.3) is 0 Å². The van der Waals surface area contributed by atoms with Crippen molar-refractivity contribution in [1.82, 2.24) is 4.98 Å². The second-order valence-corrected chi connectivity index (χ2v) is 3.75. The fourth-order valence-corrected chi connectivity index (χ4v) is 1.53. The van der Waals surface area contributed by atoms with Gasteiger partial charge in [-0.2, -0.15) is 0 Å². The number of hydrogen-bond donors (Lipinski definition) is 0. The van der Waals surface area contributed by atoms with Gasteiger partial charge in [0.2, 0.25) is 0 Å². The Hall–Kier alpha value is -0.292. The zero-order chi connectivity index (χ0) is 5.82. The summed E-state index contributed by atoms with van der Waals surface area (Å²) in [6.07, 6.45) is 3.70. The molecule has 0 aliphatic rings. The van der Waals surface area contributed by atoms with Gasteiger partial charge in [-0.15, -0.1) is 0 Å². The van der Waals surface area contributed by atoms with Crippen LogP contribution in [0.1, 0.15) is 0 Å². The third-order valence-corrected chi connectivity index (χ3v) is 2.88. The van der Waals surface area contributed by atoms with Gasteiger partial charge in [0, 0.05) is 0 Å². The van der Waals surface area contributed by atoms with E-state index in [0.29, 0.717) is 0 Å². The number of rotatable bonds is 1. The van der Waals surface area contributed by atoms with Crippen molar-refractivity contribution in [2.45, 2.75) is 5.71 Å². The van der Waals surface area contributed by atoms with Crippen molar-refractivity contribution in [3.63, 3.8) is 0 Å². The monoisotopic (exact) mass is 169 g/mol. The van der Waals surface area contributed by atoms with Gasteiger partial charge in [0.1, 0.15) is 0 Å². The molecule has 1 heterocycles. The predicted octanol–water partition coefficient (Wildman–Crippen LogP) is 0.192. The molecule has 0 saturated heterocycles. The molecule has 0 amide bonds. The molecule has 1 aromatic heterocycles. The number of nitrogens with zero attached hydrogens (tertiary/aromatic N) is 1. The van der Waals surface area contributed by atoms with Crippen LogP contribution in [0, 0.1) is 0 Å². The van der Waals surface area contributed by atoms with Gasteiger partial charge < -0.3 is 0 Å². The maximum absolute atomic E-state index is 3.91. The summed E-state index contributed by atoms with van der Waals surface area (Å²) in [6.45, 7) is 0. The summed E-state index contributed by atoms with van der Waals surface area (Å²) in [5.41, 5.74) is 2.26. The number of pyridine rings is 1. The van der Waals surface area contributed by atoms with Crippen molar-refractivity contribution in [2.75, 3.05) is 0 Å². The molecular formula is C6H8AsN. The fraction of sp³-hybridized carbons (Fsp3) is 0.167. The van der Waals surface area contributed by atoms with Gasteiger partial charge in [-0.3, -0.25) is 0 Å². The van der Waals surface area contributed by atoms with Crippen LogP contribution in [0.15, 0.2) is 24.5 Å². The summed E-state index contributed by atoms with van der Waals surface area (Å²) in [4.78, 5) is 3.91. The predicted molar refractivity (Wildman–Crippen MR) is 36.9 cm³/mol. The van der Waals surface area contributed by atoms with Gasteiger partial charge in [-0.05, 0) is 0 Å². The average molecular weight is 169 g/mol. The molecule has 0 aliphatic carbocycles. The second-order valence-electron chi connectivity index (χ2n) is 1.49. The first-order valence-corrected chi connectivity index (χ1v) is 5.66. The van der Waals surface area contributed by atoms with Gasteiger partial charge in [-0.25, -0.2) is 0 Å². The van der Waals surface area contributed by atoms with E-state index in [1.165, 1.54) is 4.35 Å². The first-order valence-electron chi connectivity index (χ1n) is 2.51. The third-order valence-electron chi connectivity index (χ3n) is 0.969. The summed E-state index contributed by atoms with van der Waals surface area (Å²) < 4.78 is 1.47. The van der Waals surface area contributed by atoms with Crippen LogP contribution < -0.4 is 4.35 Å². The molecule has 0 fully saturated rings. The van der Waals surface area contributed by atoms with Gasteiger partial charge in [-0.1, -0.05) is 0 Å². The fourth-order valence-electron chi connectivity index (χ4n) is 0.519. The normalized spacial score (nSPS) is 10.6.